The predicted molar refractivity (Wildman–Crippen MR) is 68.0 cm³/mol. The summed E-state index contributed by atoms with van der Waals surface area (Å²) in [4.78, 5) is 10.5. The molecule has 0 spiro atoms. The topological polar surface area (TPSA) is 69.6 Å². The fourth-order valence-corrected chi connectivity index (χ4v) is 2.10. The van der Waals surface area contributed by atoms with Gasteiger partial charge in [0.25, 0.3) is 5.60 Å². The maximum absolute atomic E-state index is 12.8. The summed E-state index contributed by atoms with van der Waals surface area (Å²) in [5.74, 6) is -1.25. The van der Waals surface area contributed by atoms with Gasteiger partial charge in [0.1, 0.15) is 6.54 Å². The average molecular weight is 345 g/mol. The van der Waals surface area contributed by atoms with Gasteiger partial charge < -0.3 is 15.5 Å². The molecule has 0 atom stereocenters. The van der Waals surface area contributed by atoms with E-state index in [0.717, 1.165) is 0 Å². The number of alkyl halides is 6. The summed E-state index contributed by atoms with van der Waals surface area (Å²) in [7, 11) is 0. The van der Waals surface area contributed by atoms with Crippen LogP contribution < -0.4 is 5.32 Å². The molecule has 130 valence electrons. The van der Waals surface area contributed by atoms with E-state index in [9.17, 15) is 36.2 Å². The number of rotatable bonds is 4. The van der Waals surface area contributed by atoms with Gasteiger partial charge in [-0.25, -0.2) is 0 Å². The summed E-state index contributed by atoms with van der Waals surface area (Å²) >= 11 is 0. The molecule has 1 aromatic carbocycles. The third kappa shape index (κ3) is 3.52. The zero-order valence-corrected chi connectivity index (χ0v) is 11.9. The zero-order chi connectivity index (χ0) is 18.2. The van der Waals surface area contributed by atoms with Gasteiger partial charge in [-0.05, 0) is 25.0 Å². The van der Waals surface area contributed by atoms with Crippen LogP contribution in [0.15, 0.2) is 12.1 Å². The Bertz CT molecular complexity index is 572. The lowest BCUT2D eigenvalue weighted by atomic mass is 9.89. The second-order valence-electron chi connectivity index (χ2n) is 4.94. The molecule has 10 heteroatoms. The van der Waals surface area contributed by atoms with Gasteiger partial charge in [0.05, 0.1) is 0 Å². The van der Waals surface area contributed by atoms with E-state index < -0.39 is 36.0 Å². The fraction of sp³-hybridized carbons (Fsp3) is 0.462. The average Bonchev–Trinajstić information content (AvgIpc) is 2.33. The highest BCUT2D eigenvalue weighted by Crippen LogP contribution is 2.50. The number of anilines is 1. The summed E-state index contributed by atoms with van der Waals surface area (Å²) in [5, 5.41) is 20.3. The normalized spacial score (nSPS) is 13.1. The summed E-state index contributed by atoms with van der Waals surface area (Å²) in [6, 6.07) is 1.05. The number of carboxylic acids is 1. The van der Waals surface area contributed by atoms with E-state index >= 15 is 0 Å². The summed E-state index contributed by atoms with van der Waals surface area (Å²) in [6.45, 7) is 1.84. The van der Waals surface area contributed by atoms with Gasteiger partial charge in [-0.2, -0.15) is 26.3 Å². The highest BCUT2D eigenvalue weighted by molar-refractivity contribution is 5.74. The third-order valence-corrected chi connectivity index (χ3v) is 3.19. The molecule has 0 heterocycles. The first kappa shape index (κ1) is 19.1. The van der Waals surface area contributed by atoms with Crippen LogP contribution in [0, 0.1) is 13.8 Å². The van der Waals surface area contributed by atoms with E-state index in [-0.39, 0.29) is 16.8 Å². The van der Waals surface area contributed by atoms with E-state index in [4.69, 9.17) is 5.11 Å². The van der Waals surface area contributed by atoms with Crippen molar-refractivity contribution in [1.29, 1.82) is 0 Å². The lowest BCUT2D eigenvalue weighted by Gasteiger charge is -2.33. The minimum Gasteiger partial charge on any atom is -0.480 e. The molecule has 0 aromatic heterocycles. The van der Waals surface area contributed by atoms with Crippen LogP contribution in [0.2, 0.25) is 0 Å². The van der Waals surface area contributed by atoms with Crippen LogP contribution in [-0.4, -0.2) is 35.1 Å². The Hall–Kier alpha value is -1.97. The summed E-state index contributed by atoms with van der Waals surface area (Å²) in [5.41, 5.74) is -6.43. The molecule has 1 rings (SSSR count). The van der Waals surface area contributed by atoms with Crippen molar-refractivity contribution < 1.29 is 41.4 Å². The summed E-state index contributed by atoms with van der Waals surface area (Å²) in [6.07, 6.45) is -11.9. The second-order valence-corrected chi connectivity index (χ2v) is 4.94. The minimum absolute atomic E-state index is 0.0619. The summed E-state index contributed by atoms with van der Waals surface area (Å²) < 4.78 is 77.0. The zero-order valence-electron chi connectivity index (χ0n) is 11.9. The molecule has 3 N–H and O–H groups in total. The van der Waals surface area contributed by atoms with Gasteiger partial charge in [0, 0.05) is 11.3 Å². The van der Waals surface area contributed by atoms with Crippen molar-refractivity contribution in [3.63, 3.8) is 0 Å². The monoisotopic (exact) mass is 345 g/mol. The largest absolute Gasteiger partial charge is 0.480 e. The molecule has 1 aromatic rings. The van der Waals surface area contributed by atoms with Gasteiger partial charge in [-0.3, -0.25) is 4.79 Å². The molecule has 0 radical (unpaired) electrons. The Labute approximate surface area is 126 Å². The maximum atomic E-state index is 12.8. The van der Waals surface area contributed by atoms with E-state index in [1.54, 1.807) is 0 Å². The maximum Gasteiger partial charge on any atom is 0.430 e. The van der Waals surface area contributed by atoms with Crippen molar-refractivity contribution in [3.05, 3.63) is 28.8 Å². The molecule has 0 aliphatic rings. The van der Waals surface area contributed by atoms with Crippen LogP contribution in [-0.2, 0) is 10.4 Å². The van der Waals surface area contributed by atoms with Crippen LogP contribution in [0.4, 0.5) is 32.0 Å². The van der Waals surface area contributed by atoms with Crippen molar-refractivity contribution in [2.75, 3.05) is 11.9 Å². The molecule has 0 fully saturated rings. The van der Waals surface area contributed by atoms with Crippen molar-refractivity contribution in [2.45, 2.75) is 31.8 Å². The number of aliphatic carboxylic acids is 1. The third-order valence-electron chi connectivity index (χ3n) is 3.19. The first-order chi connectivity index (χ1) is 10.2. The molecular weight excluding hydrogens is 332 g/mol. The van der Waals surface area contributed by atoms with E-state index in [1.165, 1.54) is 13.8 Å². The number of aliphatic hydroxyl groups is 1. The van der Waals surface area contributed by atoms with E-state index in [1.807, 2.05) is 0 Å². The predicted octanol–water partition coefficient (Wildman–Crippen LogP) is 3.11. The smallest absolute Gasteiger partial charge is 0.430 e. The Morgan fingerprint density at radius 1 is 1.04 bits per heavy atom. The van der Waals surface area contributed by atoms with Gasteiger partial charge in [-0.1, -0.05) is 12.1 Å². The van der Waals surface area contributed by atoms with Crippen molar-refractivity contribution >= 4 is 11.7 Å². The van der Waals surface area contributed by atoms with E-state index in [2.05, 4.69) is 5.32 Å². The quantitative estimate of drug-likeness (QED) is 0.734. The molecule has 0 aliphatic heterocycles. The van der Waals surface area contributed by atoms with E-state index in [0.29, 0.717) is 12.1 Å². The van der Waals surface area contributed by atoms with Gasteiger partial charge in [0.15, 0.2) is 0 Å². The number of hydrogen-bond donors (Lipinski definition) is 3. The molecule has 0 bridgehead atoms. The van der Waals surface area contributed by atoms with Crippen LogP contribution in [0.3, 0.4) is 0 Å². The van der Waals surface area contributed by atoms with Crippen molar-refractivity contribution in [1.82, 2.24) is 0 Å². The number of benzene rings is 1. The SMILES string of the molecule is Cc1cc(C(O)(C(F)(F)F)C(F)(F)F)cc(C)c1NCC(=O)O. The Morgan fingerprint density at radius 2 is 1.43 bits per heavy atom. The molecule has 0 unspecified atom stereocenters. The van der Waals surface area contributed by atoms with Gasteiger partial charge >= 0.3 is 18.3 Å². The van der Waals surface area contributed by atoms with Crippen molar-refractivity contribution in [2.24, 2.45) is 0 Å². The standard InChI is InChI=1S/C13H13F6NO3/c1-6-3-8(4-7(2)10(6)20-5-9(21)22)11(23,12(14,15)16)13(17,18)19/h3-4,20,23H,5H2,1-2H3,(H,21,22). The van der Waals surface area contributed by atoms with Crippen LogP contribution in [0.5, 0.6) is 0 Å². The lowest BCUT2D eigenvalue weighted by molar-refractivity contribution is -0.376. The number of carboxylic acid groups (broad SMARTS) is 1. The number of aryl methyl sites for hydroxylation is 2. The number of halogens is 6. The van der Waals surface area contributed by atoms with Crippen LogP contribution in [0.1, 0.15) is 16.7 Å². The van der Waals surface area contributed by atoms with Gasteiger partial charge in [-0.15, -0.1) is 0 Å². The molecule has 0 aliphatic carbocycles. The molecular formula is C13H13F6NO3. The minimum atomic E-state index is -5.97. The fourth-order valence-electron chi connectivity index (χ4n) is 2.10. The Morgan fingerprint density at radius 3 is 1.74 bits per heavy atom. The van der Waals surface area contributed by atoms with Gasteiger partial charge in [0.2, 0.25) is 0 Å². The highest BCUT2D eigenvalue weighted by Gasteiger charge is 2.71. The first-order valence-corrected chi connectivity index (χ1v) is 6.15. The first-order valence-electron chi connectivity index (χ1n) is 6.15. The van der Waals surface area contributed by atoms with Crippen molar-refractivity contribution in [3.8, 4) is 0 Å². The van der Waals surface area contributed by atoms with Crippen LogP contribution >= 0.6 is 0 Å². The second kappa shape index (κ2) is 5.91. The molecule has 0 saturated heterocycles. The molecule has 23 heavy (non-hydrogen) atoms. The Kier molecular flexibility index (Phi) is 4.90. The Balaban J connectivity index is 3.46. The highest BCUT2D eigenvalue weighted by atomic mass is 19.4. The lowest BCUT2D eigenvalue weighted by Crippen LogP contribution is -2.54. The molecule has 0 amide bonds. The molecule has 4 nitrogen and oxygen atoms in total. The van der Waals surface area contributed by atoms with Crippen LogP contribution in [0.25, 0.3) is 0 Å². The number of carbonyl (C=O) groups is 1. The number of nitrogens with one attached hydrogen (secondary N) is 1. The molecule has 0 saturated carbocycles. The number of hydrogen-bond acceptors (Lipinski definition) is 3.